The van der Waals surface area contributed by atoms with E-state index < -0.39 is 0 Å². The summed E-state index contributed by atoms with van der Waals surface area (Å²) in [4.78, 5) is 6.80. The van der Waals surface area contributed by atoms with Crippen molar-refractivity contribution in [1.29, 1.82) is 0 Å². The molecule has 0 saturated carbocycles. The first kappa shape index (κ1) is 22.4. The topological polar surface area (TPSA) is 35.8 Å². The summed E-state index contributed by atoms with van der Waals surface area (Å²) in [6.45, 7) is 4.19. The fourth-order valence-electron chi connectivity index (χ4n) is 3.51. The van der Waals surface area contributed by atoms with E-state index in [1.807, 2.05) is 6.21 Å². The lowest BCUT2D eigenvalue weighted by Gasteiger charge is -2.21. The Morgan fingerprint density at radius 3 is 2.16 bits per heavy atom. The molecule has 0 spiro atoms. The van der Waals surface area contributed by atoms with Gasteiger partial charge in [-0.05, 0) is 38.5 Å². The van der Waals surface area contributed by atoms with Gasteiger partial charge in [-0.25, -0.2) is 0 Å². The number of rotatable bonds is 17. The van der Waals surface area contributed by atoms with Crippen LogP contribution in [0.3, 0.4) is 0 Å². The van der Waals surface area contributed by atoms with Crippen molar-refractivity contribution in [2.45, 2.75) is 103 Å². The molecule has 1 unspecified atom stereocenters. The standard InChI is InChI=1S/C22H42N2O/c1-2-3-4-5-6-7-8-9-10-11-12-13-14-15-16-17-22-23-18-19-24(22)20-21-25/h8-9,18,22,25H,2-7,10-17,19-21H2,1H3/b9-8+. The maximum absolute atomic E-state index is 9.05. The second-order valence-corrected chi connectivity index (χ2v) is 7.40. The Morgan fingerprint density at radius 2 is 1.52 bits per heavy atom. The summed E-state index contributed by atoms with van der Waals surface area (Å²) in [5.74, 6) is 0. The number of allylic oxidation sites excluding steroid dienone is 2. The van der Waals surface area contributed by atoms with E-state index in [2.05, 4.69) is 29.0 Å². The van der Waals surface area contributed by atoms with Crippen LogP contribution in [0.1, 0.15) is 96.8 Å². The van der Waals surface area contributed by atoms with E-state index in [0.29, 0.717) is 6.17 Å². The number of aliphatic hydroxyl groups excluding tert-OH is 1. The highest BCUT2D eigenvalue weighted by Gasteiger charge is 2.19. The van der Waals surface area contributed by atoms with Crippen molar-refractivity contribution in [3.63, 3.8) is 0 Å². The predicted molar refractivity (Wildman–Crippen MR) is 110 cm³/mol. The van der Waals surface area contributed by atoms with Crippen LogP contribution in [0, 0.1) is 0 Å². The van der Waals surface area contributed by atoms with Gasteiger partial charge in [-0.2, -0.15) is 0 Å². The van der Waals surface area contributed by atoms with Crippen molar-refractivity contribution in [3.05, 3.63) is 12.2 Å². The lowest BCUT2D eigenvalue weighted by Crippen LogP contribution is -2.32. The van der Waals surface area contributed by atoms with Crippen molar-refractivity contribution in [2.24, 2.45) is 4.99 Å². The van der Waals surface area contributed by atoms with E-state index in [-0.39, 0.29) is 6.61 Å². The van der Waals surface area contributed by atoms with Gasteiger partial charge >= 0.3 is 0 Å². The van der Waals surface area contributed by atoms with Gasteiger partial charge in [0.1, 0.15) is 6.17 Å². The van der Waals surface area contributed by atoms with E-state index in [1.54, 1.807) is 0 Å². The minimum atomic E-state index is 0.243. The maximum Gasteiger partial charge on any atom is 0.102 e. The molecule has 0 aromatic rings. The van der Waals surface area contributed by atoms with Gasteiger partial charge in [-0.3, -0.25) is 9.89 Å². The van der Waals surface area contributed by atoms with Gasteiger partial charge in [0.15, 0.2) is 0 Å². The molecule has 1 aliphatic heterocycles. The van der Waals surface area contributed by atoms with Crippen LogP contribution in [0.2, 0.25) is 0 Å². The minimum absolute atomic E-state index is 0.243. The number of aliphatic hydroxyl groups is 1. The van der Waals surface area contributed by atoms with Crippen molar-refractivity contribution in [2.75, 3.05) is 19.7 Å². The lowest BCUT2D eigenvalue weighted by atomic mass is 10.1. The lowest BCUT2D eigenvalue weighted by molar-refractivity contribution is 0.176. The van der Waals surface area contributed by atoms with Crippen molar-refractivity contribution >= 4 is 6.21 Å². The van der Waals surface area contributed by atoms with Gasteiger partial charge < -0.3 is 5.11 Å². The summed E-state index contributed by atoms with van der Waals surface area (Å²) in [6.07, 6.45) is 25.8. The van der Waals surface area contributed by atoms with Gasteiger partial charge in [0.25, 0.3) is 0 Å². The minimum Gasteiger partial charge on any atom is -0.395 e. The molecule has 146 valence electrons. The van der Waals surface area contributed by atoms with Gasteiger partial charge in [-0.1, -0.05) is 70.4 Å². The third kappa shape index (κ3) is 12.3. The molecular formula is C22H42N2O. The molecule has 1 aliphatic rings. The van der Waals surface area contributed by atoms with E-state index >= 15 is 0 Å². The summed E-state index contributed by atoms with van der Waals surface area (Å²) in [7, 11) is 0. The van der Waals surface area contributed by atoms with E-state index in [0.717, 1.165) is 19.5 Å². The number of aliphatic imine (C=N–C) groups is 1. The number of hydrogen-bond acceptors (Lipinski definition) is 3. The molecule has 1 N–H and O–H groups in total. The first-order valence-electron chi connectivity index (χ1n) is 10.9. The smallest absolute Gasteiger partial charge is 0.102 e. The van der Waals surface area contributed by atoms with E-state index in [9.17, 15) is 0 Å². The summed E-state index contributed by atoms with van der Waals surface area (Å²) >= 11 is 0. The Bertz CT molecular complexity index is 341. The number of nitrogens with zero attached hydrogens (tertiary/aromatic N) is 2. The Hall–Kier alpha value is -0.670. The SMILES string of the molecule is CCCCCCC/C=C/CCCCCCCCC1N=CCN1CCO. The molecule has 0 bridgehead atoms. The van der Waals surface area contributed by atoms with Crippen molar-refractivity contribution in [3.8, 4) is 0 Å². The van der Waals surface area contributed by atoms with Crippen LogP contribution in [-0.2, 0) is 0 Å². The number of β-amino-alcohol motifs (C(OH)–C–C–N with tert-alkyl or cyclic N) is 1. The fraction of sp³-hybridized carbons (Fsp3) is 0.864. The van der Waals surface area contributed by atoms with Crippen LogP contribution in [0.15, 0.2) is 17.1 Å². The molecule has 3 nitrogen and oxygen atoms in total. The third-order valence-electron chi connectivity index (χ3n) is 5.13. The quantitative estimate of drug-likeness (QED) is 0.269. The van der Waals surface area contributed by atoms with Crippen LogP contribution in [0.25, 0.3) is 0 Å². The zero-order valence-electron chi connectivity index (χ0n) is 16.7. The van der Waals surface area contributed by atoms with Gasteiger partial charge in [-0.15, -0.1) is 0 Å². The molecule has 0 amide bonds. The molecule has 25 heavy (non-hydrogen) atoms. The average molecular weight is 351 g/mol. The fourth-order valence-corrected chi connectivity index (χ4v) is 3.51. The van der Waals surface area contributed by atoms with Crippen LogP contribution < -0.4 is 0 Å². The molecule has 0 saturated heterocycles. The molecule has 1 rings (SSSR count). The second kappa shape index (κ2) is 16.8. The molecule has 1 atom stereocenters. The van der Waals surface area contributed by atoms with Crippen molar-refractivity contribution < 1.29 is 5.11 Å². The highest BCUT2D eigenvalue weighted by Crippen LogP contribution is 2.16. The number of hydrogen-bond donors (Lipinski definition) is 1. The molecular weight excluding hydrogens is 308 g/mol. The summed E-state index contributed by atoms with van der Waals surface area (Å²) < 4.78 is 0. The summed E-state index contributed by atoms with van der Waals surface area (Å²) in [5.41, 5.74) is 0. The normalized spacial score (nSPS) is 17.9. The van der Waals surface area contributed by atoms with Crippen LogP contribution in [0.5, 0.6) is 0 Å². The van der Waals surface area contributed by atoms with Crippen LogP contribution >= 0.6 is 0 Å². The van der Waals surface area contributed by atoms with Crippen molar-refractivity contribution in [1.82, 2.24) is 4.90 Å². The summed E-state index contributed by atoms with van der Waals surface area (Å²) in [6, 6.07) is 0. The zero-order chi connectivity index (χ0) is 18.0. The first-order valence-corrected chi connectivity index (χ1v) is 10.9. The maximum atomic E-state index is 9.05. The molecule has 3 heteroatoms. The van der Waals surface area contributed by atoms with Gasteiger partial charge in [0, 0.05) is 19.3 Å². The molecule has 0 aromatic carbocycles. The highest BCUT2D eigenvalue weighted by atomic mass is 16.3. The van der Waals surface area contributed by atoms with Crippen LogP contribution in [-0.4, -0.2) is 42.1 Å². The molecule has 0 aliphatic carbocycles. The molecule has 0 fully saturated rings. The highest BCUT2D eigenvalue weighted by molar-refractivity contribution is 5.62. The molecule has 1 heterocycles. The van der Waals surface area contributed by atoms with E-state index in [1.165, 1.54) is 83.5 Å². The summed E-state index contributed by atoms with van der Waals surface area (Å²) in [5, 5.41) is 9.05. The Labute approximate surface area is 156 Å². The monoisotopic (exact) mass is 350 g/mol. The number of unbranched alkanes of at least 4 members (excludes halogenated alkanes) is 11. The predicted octanol–water partition coefficient (Wildman–Crippen LogP) is 5.73. The van der Waals surface area contributed by atoms with Crippen LogP contribution in [0.4, 0.5) is 0 Å². The van der Waals surface area contributed by atoms with Gasteiger partial charge in [0.05, 0.1) is 6.61 Å². The molecule has 0 aromatic heterocycles. The molecule has 0 radical (unpaired) electrons. The Morgan fingerprint density at radius 1 is 0.920 bits per heavy atom. The second-order valence-electron chi connectivity index (χ2n) is 7.40. The first-order chi connectivity index (χ1) is 12.4. The average Bonchev–Trinajstić information content (AvgIpc) is 3.06. The van der Waals surface area contributed by atoms with E-state index in [4.69, 9.17) is 5.11 Å². The zero-order valence-corrected chi connectivity index (χ0v) is 16.7. The Balaban J connectivity index is 1.81. The Kier molecular flexibility index (Phi) is 15.0. The van der Waals surface area contributed by atoms with Gasteiger partial charge in [0.2, 0.25) is 0 Å². The third-order valence-corrected chi connectivity index (χ3v) is 5.13. The largest absolute Gasteiger partial charge is 0.395 e.